The van der Waals surface area contributed by atoms with Gasteiger partial charge in [-0.25, -0.2) is 24.6 Å². The van der Waals surface area contributed by atoms with Gasteiger partial charge in [-0.3, -0.25) is 4.68 Å². The van der Waals surface area contributed by atoms with Gasteiger partial charge in [-0.15, -0.1) is 0 Å². The molecule has 4 rings (SSSR count). The minimum atomic E-state index is -0.691. The number of hydrazine groups is 1. The molecule has 0 bridgehead atoms. The van der Waals surface area contributed by atoms with Gasteiger partial charge in [0.25, 0.3) is 0 Å². The summed E-state index contributed by atoms with van der Waals surface area (Å²) in [5.74, 6) is 4.21. The Labute approximate surface area is 151 Å². The Morgan fingerprint density at radius 3 is 2.70 bits per heavy atom. The summed E-state index contributed by atoms with van der Waals surface area (Å²) in [6.07, 6.45) is 2.41. The summed E-state index contributed by atoms with van der Waals surface area (Å²) >= 11 is 0. The zero-order valence-electron chi connectivity index (χ0n) is 13.8. The smallest absolute Gasteiger partial charge is 0.185 e. The highest BCUT2D eigenvalue weighted by molar-refractivity contribution is 5.63. The van der Waals surface area contributed by atoms with E-state index in [0.29, 0.717) is 22.6 Å². The molecule has 0 spiro atoms. The molecule has 8 nitrogen and oxygen atoms in total. The molecule has 10 heteroatoms. The van der Waals surface area contributed by atoms with Crippen LogP contribution in [0.5, 0.6) is 0 Å². The van der Waals surface area contributed by atoms with E-state index in [4.69, 9.17) is 10.4 Å². The molecular weight excluding hydrogens is 356 g/mol. The van der Waals surface area contributed by atoms with Crippen LogP contribution >= 0.6 is 0 Å². The first kappa shape index (κ1) is 16.8. The second-order valence-corrected chi connectivity index (χ2v) is 5.58. The number of benzene rings is 1. The van der Waals surface area contributed by atoms with Gasteiger partial charge in [0.05, 0.1) is 18.4 Å². The summed E-state index contributed by atoms with van der Waals surface area (Å²) in [5, 5.41) is 8.33. The third kappa shape index (κ3) is 3.25. The predicted octanol–water partition coefficient (Wildman–Crippen LogP) is 2.61. The van der Waals surface area contributed by atoms with Crippen LogP contribution in [0.4, 0.5) is 14.6 Å². The molecule has 0 unspecified atom stereocenters. The molecule has 0 aliphatic heterocycles. The lowest BCUT2D eigenvalue weighted by Gasteiger charge is -2.06. The summed E-state index contributed by atoms with van der Waals surface area (Å²) in [4.78, 5) is 7.95. The Hall–Kier alpha value is -3.66. The van der Waals surface area contributed by atoms with Gasteiger partial charge in [0.15, 0.2) is 17.5 Å². The second kappa shape index (κ2) is 6.92. The monoisotopic (exact) mass is 369 g/mol. The Kier molecular flexibility index (Phi) is 4.30. The molecule has 0 saturated heterocycles. The van der Waals surface area contributed by atoms with Gasteiger partial charge >= 0.3 is 0 Å². The first-order valence-electron chi connectivity index (χ1n) is 7.87. The minimum Gasteiger partial charge on any atom is -0.364 e. The minimum absolute atomic E-state index is 0.151. The van der Waals surface area contributed by atoms with Crippen LogP contribution in [0.1, 0.15) is 5.56 Å². The number of aromatic nitrogens is 5. The van der Waals surface area contributed by atoms with E-state index in [1.165, 1.54) is 12.3 Å². The molecule has 0 amide bonds. The molecule has 0 aliphatic carbocycles. The number of halogens is 2. The number of nitrogen functional groups attached to an aromatic ring is 1. The van der Waals surface area contributed by atoms with Gasteiger partial charge in [-0.1, -0.05) is 23.4 Å². The average molecular weight is 369 g/mol. The van der Waals surface area contributed by atoms with Gasteiger partial charge in [0.1, 0.15) is 23.5 Å². The molecule has 3 aromatic heterocycles. The summed E-state index contributed by atoms with van der Waals surface area (Å²) in [6, 6.07) is 9.69. The fraction of sp³-hybridized carbons (Fsp3) is 0.0588. The normalized spacial score (nSPS) is 10.9. The van der Waals surface area contributed by atoms with Crippen molar-refractivity contribution in [3.05, 3.63) is 66.1 Å². The van der Waals surface area contributed by atoms with E-state index in [2.05, 4.69) is 25.6 Å². The Morgan fingerprint density at radius 2 is 1.96 bits per heavy atom. The van der Waals surface area contributed by atoms with Gasteiger partial charge in [0, 0.05) is 11.6 Å². The molecule has 136 valence electrons. The van der Waals surface area contributed by atoms with Crippen molar-refractivity contribution in [1.82, 2.24) is 24.9 Å². The molecule has 4 aromatic rings. The average Bonchev–Trinajstić information content (AvgIpc) is 3.34. The first-order chi connectivity index (χ1) is 13.2. The van der Waals surface area contributed by atoms with Crippen molar-refractivity contribution in [2.75, 3.05) is 5.43 Å². The van der Waals surface area contributed by atoms with Crippen LogP contribution in [0.2, 0.25) is 0 Å². The van der Waals surface area contributed by atoms with E-state index >= 15 is 0 Å². The molecule has 3 N–H and O–H groups in total. The Balaban J connectivity index is 1.80. The van der Waals surface area contributed by atoms with Crippen molar-refractivity contribution in [3.63, 3.8) is 0 Å². The summed E-state index contributed by atoms with van der Waals surface area (Å²) in [7, 11) is 0. The third-order valence-electron chi connectivity index (χ3n) is 3.87. The number of nitrogens with one attached hydrogen (secondary N) is 1. The van der Waals surface area contributed by atoms with Crippen molar-refractivity contribution >= 4 is 5.82 Å². The Bertz CT molecular complexity index is 1080. The molecule has 0 radical (unpaired) electrons. The quantitative estimate of drug-likeness (QED) is 0.411. The zero-order valence-corrected chi connectivity index (χ0v) is 13.8. The molecule has 1 aromatic carbocycles. The number of rotatable bonds is 5. The fourth-order valence-corrected chi connectivity index (χ4v) is 2.58. The van der Waals surface area contributed by atoms with Crippen molar-refractivity contribution in [3.8, 4) is 22.9 Å². The maximum Gasteiger partial charge on any atom is 0.185 e. The van der Waals surface area contributed by atoms with E-state index in [9.17, 15) is 8.78 Å². The molecule has 0 fully saturated rings. The van der Waals surface area contributed by atoms with Gasteiger partial charge in [0.2, 0.25) is 0 Å². The van der Waals surface area contributed by atoms with Crippen LogP contribution in [0.25, 0.3) is 22.9 Å². The van der Waals surface area contributed by atoms with Gasteiger partial charge in [-0.05, 0) is 12.1 Å². The van der Waals surface area contributed by atoms with E-state index in [-0.39, 0.29) is 24.0 Å². The van der Waals surface area contributed by atoms with Crippen molar-refractivity contribution in [2.24, 2.45) is 5.84 Å². The van der Waals surface area contributed by atoms with E-state index in [0.717, 1.165) is 6.20 Å². The van der Waals surface area contributed by atoms with Crippen LogP contribution in [-0.4, -0.2) is 24.9 Å². The largest absolute Gasteiger partial charge is 0.364 e. The summed E-state index contributed by atoms with van der Waals surface area (Å²) in [5.41, 5.74) is 4.03. The molecule has 3 heterocycles. The van der Waals surface area contributed by atoms with E-state index in [1.54, 1.807) is 35.0 Å². The van der Waals surface area contributed by atoms with Crippen molar-refractivity contribution in [1.29, 1.82) is 0 Å². The van der Waals surface area contributed by atoms with Crippen LogP contribution in [-0.2, 0) is 6.54 Å². The number of nitrogens with two attached hydrogens (primary N) is 1. The SMILES string of the molecule is NNc1nc(-c2cc(-c3ccon3)n(Cc3ccccc3F)n2)ncc1F. The lowest BCUT2D eigenvalue weighted by molar-refractivity contribution is 0.421. The molecule has 0 atom stereocenters. The number of hydrogen-bond acceptors (Lipinski definition) is 7. The number of anilines is 1. The molecular formula is C17H13F2N7O. The fourth-order valence-electron chi connectivity index (χ4n) is 2.58. The van der Waals surface area contributed by atoms with Crippen LogP contribution in [0.15, 0.2) is 53.4 Å². The number of hydrogen-bond donors (Lipinski definition) is 2. The second-order valence-electron chi connectivity index (χ2n) is 5.58. The van der Waals surface area contributed by atoms with Gasteiger partial charge in [-0.2, -0.15) is 5.10 Å². The lowest BCUT2D eigenvalue weighted by atomic mass is 10.2. The maximum absolute atomic E-state index is 14.1. The lowest BCUT2D eigenvalue weighted by Crippen LogP contribution is -2.11. The molecule has 0 saturated carbocycles. The summed E-state index contributed by atoms with van der Waals surface area (Å²) < 4.78 is 34.1. The predicted molar refractivity (Wildman–Crippen MR) is 92.0 cm³/mol. The maximum atomic E-state index is 14.1. The van der Waals surface area contributed by atoms with E-state index < -0.39 is 5.82 Å². The van der Waals surface area contributed by atoms with Crippen LogP contribution in [0.3, 0.4) is 0 Å². The highest BCUT2D eigenvalue weighted by atomic mass is 19.1. The van der Waals surface area contributed by atoms with Crippen LogP contribution in [0, 0.1) is 11.6 Å². The van der Waals surface area contributed by atoms with Crippen molar-refractivity contribution < 1.29 is 13.3 Å². The van der Waals surface area contributed by atoms with Gasteiger partial charge < -0.3 is 9.95 Å². The Morgan fingerprint density at radius 1 is 1.11 bits per heavy atom. The number of nitrogens with zero attached hydrogens (tertiary/aromatic N) is 5. The van der Waals surface area contributed by atoms with Crippen LogP contribution < -0.4 is 11.3 Å². The highest BCUT2D eigenvalue weighted by Crippen LogP contribution is 2.25. The summed E-state index contributed by atoms with van der Waals surface area (Å²) in [6.45, 7) is 0.151. The first-order valence-corrected chi connectivity index (χ1v) is 7.87. The molecule has 27 heavy (non-hydrogen) atoms. The third-order valence-corrected chi connectivity index (χ3v) is 3.87. The highest BCUT2D eigenvalue weighted by Gasteiger charge is 2.17. The van der Waals surface area contributed by atoms with Crippen molar-refractivity contribution in [2.45, 2.75) is 6.54 Å². The van der Waals surface area contributed by atoms with E-state index in [1.807, 2.05) is 0 Å². The standard InChI is InChI=1S/C17H13F2N7O/c18-11-4-2-1-3-10(11)9-26-15(13-5-6-27-25-13)7-14(24-26)17-21-8-12(19)16(22-17)23-20/h1-8H,9,20H2,(H,21,22,23). The zero-order chi connectivity index (χ0) is 18.8. The molecule has 0 aliphatic rings. The topological polar surface area (TPSA) is 108 Å².